The first kappa shape index (κ1) is 12.5. The van der Waals surface area contributed by atoms with Crippen LogP contribution in [-0.4, -0.2) is 21.0 Å². The highest BCUT2D eigenvalue weighted by atomic mass is 15.3. The van der Waals surface area contributed by atoms with E-state index in [-0.39, 0.29) is 6.04 Å². The van der Waals surface area contributed by atoms with E-state index in [2.05, 4.69) is 76.2 Å². The molecule has 1 aromatic heterocycles. The van der Waals surface area contributed by atoms with Crippen molar-refractivity contribution in [2.45, 2.75) is 19.9 Å². The molecule has 3 rings (SSSR count). The zero-order valence-corrected chi connectivity index (χ0v) is 11.6. The van der Waals surface area contributed by atoms with Crippen LogP contribution in [0.25, 0.3) is 10.8 Å². The van der Waals surface area contributed by atoms with Gasteiger partial charge < -0.3 is 4.90 Å². The molecule has 0 aliphatic heterocycles. The quantitative estimate of drug-likeness (QED) is 0.725. The molecule has 0 spiro atoms. The lowest BCUT2D eigenvalue weighted by Gasteiger charge is -2.27. The predicted octanol–water partition coefficient (Wildman–Crippen LogP) is 3.57. The highest BCUT2D eigenvalue weighted by molar-refractivity contribution is 5.95. The fourth-order valence-electron chi connectivity index (χ4n) is 2.39. The van der Waals surface area contributed by atoms with Crippen molar-refractivity contribution in [1.29, 1.82) is 0 Å². The molecule has 0 aliphatic rings. The fourth-order valence-corrected chi connectivity index (χ4v) is 2.39. The van der Waals surface area contributed by atoms with Crippen LogP contribution in [0.5, 0.6) is 0 Å². The summed E-state index contributed by atoms with van der Waals surface area (Å²) in [6.45, 7) is 4.26. The number of fused-ring (bicyclic) bond motifs is 1. The molecule has 0 saturated heterocycles. The minimum atomic E-state index is 0.253. The second-order valence-corrected chi connectivity index (χ2v) is 4.90. The minimum absolute atomic E-state index is 0.253. The van der Waals surface area contributed by atoms with E-state index >= 15 is 0 Å². The lowest BCUT2D eigenvalue weighted by atomic mass is 10.1. The maximum Gasteiger partial charge on any atom is 0.233 e. The van der Waals surface area contributed by atoms with E-state index in [4.69, 9.17) is 0 Å². The van der Waals surface area contributed by atoms with E-state index in [1.165, 1.54) is 23.4 Å². The number of hydrogen-bond acceptors (Lipinski definition) is 4. The van der Waals surface area contributed by atoms with Gasteiger partial charge in [-0.1, -0.05) is 36.4 Å². The summed E-state index contributed by atoms with van der Waals surface area (Å²) in [6, 6.07) is 14.9. The molecule has 0 aliphatic carbocycles. The van der Waals surface area contributed by atoms with Gasteiger partial charge in [-0.2, -0.15) is 0 Å². The first-order valence-corrected chi connectivity index (χ1v) is 6.66. The summed E-state index contributed by atoms with van der Waals surface area (Å²) < 4.78 is 0. The summed E-state index contributed by atoms with van der Waals surface area (Å²) in [6.07, 6.45) is 3.06. The standard InChI is InChI=1S/C16H16N4/c1-12(2)20(16-18-10-17-11-19-16)15-9-5-7-13-6-3-4-8-14(13)15/h3-12H,1-2H3. The van der Waals surface area contributed by atoms with Crippen LogP contribution in [0.3, 0.4) is 0 Å². The highest BCUT2D eigenvalue weighted by Crippen LogP contribution is 2.31. The Bertz CT molecular complexity index is 705. The first-order valence-electron chi connectivity index (χ1n) is 6.66. The molecule has 3 aromatic rings. The van der Waals surface area contributed by atoms with Crippen LogP contribution < -0.4 is 4.90 Å². The maximum absolute atomic E-state index is 4.29. The van der Waals surface area contributed by atoms with Gasteiger partial charge in [-0.25, -0.2) is 15.0 Å². The van der Waals surface area contributed by atoms with E-state index in [1.807, 2.05) is 0 Å². The van der Waals surface area contributed by atoms with Crippen LogP contribution in [0.1, 0.15) is 13.8 Å². The molecule has 0 N–H and O–H groups in total. The number of aromatic nitrogens is 3. The molecule has 0 radical (unpaired) electrons. The Morgan fingerprint density at radius 2 is 1.60 bits per heavy atom. The van der Waals surface area contributed by atoms with Crippen molar-refractivity contribution in [2.24, 2.45) is 0 Å². The van der Waals surface area contributed by atoms with Gasteiger partial charge in [0.25, 0.3) is 0 Å². The van der Waals surface area contributed by atoms with Crippen molar-refractivity contribution in [3.05, 3.63) is 55.1 Å². The summed E-state index contributed by atoms with van der Waals surface area (Å²) in [5, 5.41) is 2.41. The molecule has 0 bridgehead atoms. The first-order chi connectivity index (χ1) is 9.77. The molecule has 100 valence electrons. The molecule has 20 heavy (non-hydrogen) atoms. The summed E-state index contributed by atoms with van der Waals surface area (Å²) in [7, 11) is 0. The fraction of sp³-hybridized carbons (Fsp3) is 0.188. The molecule has 0 atom stereocenters. The van der Waals surface area contributed by atoms with Gasteiger partial charge in [0.05, 0.1) is 5.69 Å². The predicted molar refractivity (Wildman–Crippen MR) is 81.1 cm³/mol. The summed E-state index contributed by atoms with van der Waals surface area (Å²) in [4.78, 5) is 14.6. The third-order valence-corrected chi connectivity index (χ3v) is 3.24. The third-order valence-electron chi connectivity index (χ3n) is 3.24. The van der Waals surface area contributed by atoms with Gasteiger partial charge in [0.2, 0.25) is 5.95 Å². The summed E-state index contributed by atoms with van der Waals surface area (Å²) >= 11 is 0. The SMILES string of the molecule is CC(C)N(c1ncncn1)c1cccc2ccccc12. The lowest BCUT2D eigenvalue weighted by Crippen LogP contribution is -2.27. The number of nitrogens with zero attached hydrogens (tertiary/aromatic N) is 4. The van der Waals surface area contributed by atoms with Crippen molar-refractivity contribution in [2.75, 3.05) is 4.90 Å². The van der Waals surface area contributed by atoms with Crippen molar-refractivity contribution in [3.8, 4) is 0 Å². The molecule has 2 aromatic carbocycles. The zero-order valence-electron chi connectivity index (χ0n) is 11.6. The van der Waals surface area contributed by atoms with Crippen molar-refractivity contribution >= 4 is 22.4 Å². The molecule has 4 nitrogen and oxygen atoms in total. The van der Waals surface area contributed by atoms with Crippen LogP contribution >= 0.6 is 0 Å². The number of anilines is 2. The van der Waals surface area contributed by atoms with Gasteiger partial charge in [-0.05, 0) is 25.3 Å². The van der Waals surface area contributed by atoms with Gasteiger partial charge in [0, 0.05) is 11.4 Å². The van der Waals surface area contributed by atoms with Crippen LogP contribution in [0.4, 0.5) is 11.6 Å². The second-order valence-electron chi connectivity index (χ2n) is 4.90. The van der Waals surface area contributed by atoms with Crippen LogP contribution in [-0.2, 0) is 0 Å². The Labute approximate surface area is 118 Å². The molecule has 0 amide bonds. The topological polar surface area (TPSA) is 41.9 Å². The smallest absolute Gasteiger partial charge is 0.233 e. The molecular weight excluding hydrogens is 248 g/mol. The van der Waals surface area contributed by atoms with Gasteiger partial charge in [-0.15, -0.1) is 0 Å². The Balaban J connectivity index is 2.21. The van der Waals surface area contributed by atoms with E-state index in [9.17, 15) is 0 Å². The molecule has 0 unspecified atom stereocenters. The van der Waals surface area contributed by atoms with Gasteiger partial charge in [-0.3, -0.25) is 0 Å². The van der Waals surface area contributed by atoms with E-state index in [0.717, 1.165) is 5.69 Å². The van der Waals surface area contributed by atoms with Gasteiger partial charge in [0.1, 0.15) is 12.7 Å². The Kier molecular flexibility index (Phi) is 3.29. The van der Waals surface area contributed by atoms with Crippen molar-refractivity contribution in [3.63, 3.8) is 0 Å². The Hall–Kier alpha value is -2.49. The Morgan fingerprint density at radius 3 is 2.35 bits per heavy atom. The normalized spacial score (nSPS) is 10.9. The largest absolute Gasteiger partial charge is 0.307 e. The zero-order chi connectivity index (χ0) is 13.9. The molecule has 1 heterocycles. The van der Waals surface area contributed by atoms with E-state index < -0.39 is 0 Å². The van der Waals surface area contributed by atoms with Crippen LogP contribution in [0.2, 0.25) is 0 Å². The number of benzene rings is 2. The van der Waals surface area contributed by atoms with Gasteiger partial charge >= 0.3 is 0 Å². The lowest BCUT2D eigenvalue weighted by molar-refractivity contribution is 0.760. The minimum Gasteiger partial charge on any atom is -0.307 e. The van der Waals surface area contributed by atoms with Crippen molar-refractivity contribution < 1.29 is 0 Å². The number of rotatable bonds is 3. The number of hydrogen-bond donors (Lipinski definition) is 0. The van der Waals surface area contributed by atoms with E-state index in [0.29, 0.717) is 5.95 Å². The van der Waals surface area contributed by atoms with Crippen LogP contribution in [0, 0.1) is 0 Å². The Morgan fingerprint density at radius 1 is 0.900 bits per heavy atom. The summed E-state index contributed by atoms with van der Waals surface area (Å²) in [5.41, 5.74) is 1.12. The molecule has 4 heteroatoms. The second kappa shape index (κ2) is 5.25. The van der Waals surface area contributed by atoms with Gasteiger partial charge in [0.15, 0.2) is 0 Å². The molecular formula is C16H16N4. The maximum atomic E-state index is 4.29. The average molecular weight is 264 g/mol. The third kappa shape index (κ3) is 2.20. The van der Waals surface area contributed by atoms with Crippen LogP contribution in [0.15, 0.2) is 55.1 Å². The van der Waals surface area contributed by atoms with E-state index in [1.54, 1.807) is 0 Å². The van der Waals surface area contributed by atoms with Crippen molar-refractivity contribution in [1.82, 2.24) is 15.0 Å². The molecule has 0 saturated carbocycles. The summed E-state index contributed by atoms with van der Waals surface area (Å²) in [5.74, 6) is 0.673. The highest BCUT2D eigenvalue weighted by Gasteiger charge is 2.17. The monoisotopic (exact) mass is 264 g/mol. The molecule has 0 fully saturated rings. The average Bonchev–Trinajstić information content (AvgIpc) is 2.48.